The maximum absolute atomic E-state index is 6.88. The second-order valence-electron chi connectivity index (χ2n) is 8.71. The van der Waals surface area contributed by atoms with Gasteiger partial charge < -0.3 is 13.7 Å². The van der Waals surface area contributed by atoms with E-state index in [0.29, 0.717) is 0 Å². The molecule has 3 nitrogen and oxygen atoms in total. The third-order valence-electron chi connectivity index (χ3n) is 5.86. The van der Waals surface area contributed by atoms with Crippen LogP contribution in [0.5, 0.6) is 11.5 Å². The van der Waals surface area contributed by atoms with Crippen molar-refractivity contribution in [1.29, 1.82) is 0 Å². The summed E-state index contributed by atoms with van der Waals surface area (Å²) in [5.74, 6) is 1.86. The molecule has 0 saturated carbocycles. The van der Waals surface area contributed by atoms with Gasteiger partial charge in [-0.15, -0.1) is 0 Å². The molecular formula is C23H31NO2Si. The normalized spacial score (nSPS) is 12.4. The van der Waals surface area contributed by atoms with E-state index in [1.807, 2.05) is 12.1 Å². The van der Waals surface area contributed by atoms with Gasteiger partial charge in [-0.3, -0.25) is 0 Å². The van der Waals surface area contributed by atoms with Crippen LogP contribution in [0.1, 0.15) is 32.0 Å². The lowest BCUT2D eigenvalue weighted by molar-refractivity contribution is 0.417. The molecule has 0 fully saturated rings. The summed E-state index contributed by atoms with van der Waals surface area (Å²) in [6.45, 7) is 11.4. The predicted octanol–water partition coefficient (Wildman–Crippen LogP) is 6.16. The molecule has 0 bridgehead atoms. The van der Waals surface area contributed by atoms with Crippen LogP contribution in [0.25, 0.3) is 10.9 Å². The molecule has 0 radical (unpaired) electrons. The minimum Gasteiger partial charge on any atom is -0.542 e. The molecule has 0 saturated heterocycles. The van der Waals surface area contributed by atoms with E-state index in [1.165, 1.54) is 11.3 Å². The summed E-state index contributed by atoms with van der Waals surface area (Å²) in [6.07, 6.45) is 0.832. The lowest BCUT2D eigenvalue weighted by Gasteiger charge is -2.36. The fourth-order valence-corrected chi connectivity index (χ4v) is 4.18. The van der Waals surface area contributed by atoms with Gasteiger partial charge in [0.25, 0.3) is 8.32 Å². The molecular weight excluding hydrogens is 350 g/mol. The van der Waals surface area contributed by atoms with Gasteiger partial charge in [-0.05, 0) is 35.8 Å². The highest BCUT2D eigenvalue weighted by Crippen LogP contribution is 2.44. The molecule has 144 valence electrons. The van der Waals surface area contributed by atoms with E-state index in [4.69, 9.17) is 9.16 Å². The number of benzene rings is 2. The topological polar surface area (TPSA) is 23.4 Å². The monoisotopic (exact) mass is 381 g/mol. The maximum atomic E-state index is 6.88. The average Bonchev–Trinajstić information content (AvgIpc) is 2.87. The Hall–Kier alpha value is -2.20. The highest BCUT2D eigenvalue weighted by atomic mass is 28.4. The van der Waals surface area contributed by atoms with Crippen molar-refractivity contribution in [1.82, 2.24) is 4.57 Å². The van der Waals surface area contributed by atoms with Gasteiger partial charge in [0.05, 0.1) is 23.7 Å². The number of nitrogens with zero attached hydrogens (tertiary/aromatic N) is 1. The zero-order valence-electron chi connectivity index (χ0n) is 17.6. The Labute approximate surface area is 164 Å². The molecule has 0 aliphatic carbocycles. The lowest BCUT2D eigenvalue weighted by Crippen LogP contribution is -2.44. The van der Waals surface area contributed by atoms with Crippen molar-refractivity contribution in [2.75, 3.05) is 7.11 Å². The van der Waals surface area contributed by atoms with E-state index in [9.17, 15) is 0 Å². The van der Waals surface area contributed by atoms with E-state index >= 15 is 0 Å². The van der Waals surface area contributed by atoms with E-state index in [0.717, 1.165) is 28.8 Å². The Balaban J connectivity index is 2.23. The molecule has 0 atom stereocenters. The zero-order valence-corrected chi connectivity index (χ0v) is 18.6. The van der Waals surface area contributed by atoms with Gasteiger partial charge in [0.2, 0.25) is 0 Å². The van der Waals surface area contributed by atoms with Crippen molar-refractivity contribution in [3.05, 3.63) is 59.8 Å². The van der Waals surface area contributed by atoms with Crippen molar-refractivity contribution in [2.45, 2.75) is 45.3 Å². The molecule has 0 aliphatic rings. The van der Waals surface area contributed by atoms with E-state index in [2.05, 4.69) is 81.9 Å². The maximum Gasteiger partial charge on any atom is 0.250 e. The Morgan fingerprint density at radius 1 is 0.963 bits per heavy atom. The third-order valence-corrected chi connectivity index (χ3v) is 10.2. The van der Waals surface area contributed by atoms with Crippen molar-refractivity contribution >= 4 is 19.2 Å². The lowest BCUT2D eigenvalue weighted by atomic mass is 10.1. The number of fused-ring (bicyclic) bond motifs is 1. The summed E-state index contributed by atoms with van der Waals surface area (Å²) in [5.41, 5.74) is 3.63. The SMILES string of the molecule is COc1cccc2c1c(O[Si](C)(C)C(C)(C)C)c(Cc1ccccc1)n2C. The first-order chi connectivity index (χ1) is 12.7. The smallest absolute Gasteiger partial charge is 0.250 e. The van der Waals surface area contributed by atoms with Crippen LogP contribution in [0.4, 0.5) is 0 Å². The van der Waals surface area contributed by atoms with Gasteiger partial charge in [0.15, 0.2) is 0 Å². The molecule has 1 heterocycles. The quantitative estimate of drug-likeness (QED) is 0.494. The van der Waals surface area contributed by atoms with E-state index < -0.39 is 8.32 Å². The molecule has 0 spiro atoms. The van der Waals surface area contributed by atoms with Crippen molar-refractivity contribution in [2.24, 2.45) is 7.05 Å². The number of aryl methyl sites for hydroxylation is 1. The van der Waals surface area contributed by atoms with Gasteiger partial charge in [0.1, 0.15) is 11.5 Å². The van der Waals surface area contributed by atoms with E-state index in [1.54, 1.807) is 7.11 Å². The minimum absolute atomic E-state index is 0.126. The Morgan fingerprint density at radius 2 is 1.63 bits per heavy atom. The van der Waals surface area contributed by atoms with Gasteiger partial charge in [0, 0.05) is 13.5 Å². The molecule has 3 rings (SSSR count). The largest absolute Gasteiger partial charge is 0.542 e. The molecule has 0 N–H and O–H groups in total. The first-order valence-corrected chi connectivity index (χ1v) is 12.4. The molecule has 0 aliphatic heterocycles. The number of methoxy groups -OCH3 is 1. The standard InChI is InChI=1S/C23H31NO2Si/c1-23(2,3)27(6,7)26-22-19(16-17-12-9-8-10-13-17)24(4)18-14-11-15-20(25-5)21(18)22/h8-15H,16H2,1-7H3. The van der Waals surface area contributed by atoms with Crippen molar-refractivity contribution in [3.63, 3.8) is 0 Å². The Morgan fingerprint density at radius 3 is 2.22 bits per heavy atom. The van der Waals surface area contributed by atoms with Crippen LogP contribution in [0.15, 0.2) is 48.5 Å². The van der Waals surface area contributed by atoms with Gasteiger partial charge >= 0.3 is 0 Å². The highest BCUT2D eigenvalue weighted by molar-refractivity contribution is 6.74. The van der Waals surface area contributed by atoms with Gasteiger partial charge in [-0.2, -0.15) is 0 Å². The minimum atomic E-state index is -2.00. The number of aromatic nitrogens is 1. The van der Waals surface area contributed by atoms with Crippen LogP contribution in [0.2, 0.25) is 18.1 Å². The molecule has 3 aromatic rings. The summed E-state index contributed by atoms with van der Waals surface area (Å²) < 4.78 is 14.9. The first-order valence-electron chi connectivity index (χ1n) is 9.53. The Bertz CT molecular complexity index is 936. The van der Waals surface area contributed by atoms with Crippen LogP contribution >= 0.6 is 0 Å². The number of hydrogen-bond donors (Lipinski definition) is 0. The summed E-state index contributed by atoms with van der Waals surface area (Å²) in [6, 6.07) is 16.8. The van der Waals surface area contributed by atoms with Crippen molar-refractivity contribution in [3.8, 4) is 11.5 Å². The first kappa shape index (κ1) is 19.6. The fraction of sp³-hybridized carbons (Fsp3) is 0.391. The molecule has 2 aromatic carbocycles. The van der Waals surface area contributed by atoms with Crippen LogP contribution in [0.3, 0.4) is 0 Å². The van der Waals surface area contributed by atoms with Crippen LogP contribution < -0.4 is 9.16 Å². The molecule has 27 heavy (non-hydrogen) atoms. The second-order valence-corrected chi connectivity index (χ2v) is 13.4. The summed E-state index contributed by atoms with van der Waals surface area (Å²) in [7, 11) is 1.85. The highest BCUT2D eigenvalue weighted by Gasteiger charge is 2.40. The fourth-order valence-electron chi connectivity index (χ4n) is 3.15. The second kappa shape index (κ2) is 7.08. The third kappa shape index (κ3) is 3.63. The molecule has 4 heteroatoms. The predicted molar refractivity (Wildman–Crippen MR) is 117 cm³/mol. The number of rotatable bonds is 5. The van der Waals surface area contributed by atoms with Crippen LogP contribution in [-0.2, 0) is 13.5 Å². The summed E-state index contributed by atoms with van der Waals surface area (Å²) in [4.78, 5) is 0. The average molecular weight is 382 g/mol. The van der Waals surface area contributed by atoms with Crippen LogP contribution in [-0.4, -0.2) is 20.0 Å². The summed E-state index contributed by atoms with van der Waals surface area (Å²) in [5, 5.41) is 1.21. The van der Waals surface area contributed by atoms with Crippen molar-refractivity contribution < 1.29 is 9.16 Å². The van der Waals surface area contributed by atoms with E-state index in [-0.39, 0.29) is 5.04 Å². The number of ether oxygens (including phenoxy) is 1. The zero-order chi connectivity index (χ0) is 19.8. The van der Waals surface area contributed by atoms with Crippen LogP contribution in [0, 0.1) is 0 Å². The number of hydrogen-bond acceptors (Lipinski definition) is 2. The summed E-state index contributed by atoms with van der Waals surface area (Å²) >= 11 is 0. The molecule has 0 amide bonds. The molecule has 1 aromatic heterocycles. The van der Waals surface area contributed by atoms with Gasteiger partial charge in [-0.1, -0.05) is 57.2 Å². The molecule has 0 unspecified atom stereocenters. The van der Waals surface area contributed by atoms with Gasteiger partial charge in [-0.25, -0.2) is 0 Å². The Kier molecular flexibility index (Phi) is 5.13.